The maximum absolute atomic E-state index is 12.9. The molecular formula is C19H16F3N3O5S. The number of fused-ring (bicyclic) bond motifs is 1. The van der Waals surface area contributed by atoms with Crippen molar-refractivity contribution in [1.29, 1.82) is 0 Å². The van der Waals surface area contributed by atoms with E-state index in [0.29, 0.717) is 32.4 Å². The number of nitrogens with zero attached hydrogens (tertiary/aromatic N) is 2. The van der Waals surface area contributed by atoms with Gasteiger partial charge in [-0.25, -0.2) is 8.42 Å². The summed E-state index contributed by atoms with van der Waals surface area (Å²) in [5.74, 6) is -0.428. The molecule has 0 radical (unpaired) electrons. The number of rotatable bonds is 4. The molecule has 1 fully saturated rings. The number of halogens is 3. The minimum absolute atomic E-state index is 0.0481. The SMILES string of the molecule is O=C(c1noc2ccc(S(=O)(=O)Nc3cccc(C(F)(F)F)c3)cc12)N1CCOCC1. The molecule has 8 nitrogen and oxygen atoms in total. The summed E-state index contributed by atoms with van der Waals surface area (Å²) >= 11 is 0. The molecule has 0 spiro atoms. The maximum atomic E-state index is 12.9. The van der Waals surface area contributed by atoms with E-state index in [-0.39, 0.29) is 27.2 Å². The van der Waals surface area contributed by atoms with Crippen LogP contribution < -0.4 is 4.72 Å². The first kappa shape index (κ1) is 21.1. The van der Waals surface area contributed by atoms with Gasteiger partial charge in [0.1, 0.15) is 0 Å². The highest BCUT2D eigenvalue weighted by molar-refractivity contribution is 7.92. The number of aromatic nitrogens is 1. The quantitative estimate of drug-likeness (QED) is 0.649. The van der Waals surface area contributed by atoms with Gasteiger partial charge >= 0.3 is 6.18 Å². The number of nitrogens with one attached hydrogen (secondary N) is 1. The third-order valence-corrected chi connectivity index (χ3v) is 6.07. The van der Waals surface area contributed by atoms with Crippen molar-refractivity contribution in [2.24, 2.45) is 0 Å². The molecule has 0 bridgehead atoms. The smallest absolute Gasteiger partial charge is 0.378 e. The Labute approximate surface area is 174 Å². The minimum atomic E-state index is -4.61. The van der Waals surface area contributed by atoms with E-state index in [1.54, 1.807) is 0 Å². The maximum Gasteiger partial charge on any atom is 0.416 e. The molecule has 1 aromatic heterocycles. The van der Waals surface area contributed by atoms with Crippen molar-refractivity contribution in [3.05, 3.63) is 53.7 Å². The van der Waals surface area contributed by atoms with Crippen LogP contribution in [0.5, 0.6) is 0 Å². The second kappa shape index (κ2) is 7.85. The van der Waals surface area contributed by atoms with E-state index in [9.17, 15) is 26.4 Å². The van der Waals surface area contributed by atoms with Crippen LogP contribution in [0.3, 0.4) is 0 Å². The highest BCUT2D eigenvalue weighted by Gasteiger charge is 2.31. The van der Waals surface area contributed by atoms with Crippen molar-refractivity contribution in [3.63, 3.8) is 0 Å². The zero-order valence-electron chi connectivity index (χ0n) is 15.8. The molecule has 2 heterocycles. The molecular weight excluding hydrogens is 439 g/mol. The van der Waals surface area contributed by atoms with Gasteiger partial charge in [0.15, 0.2) is 11.3 Å². The Morgan fingerprint density at radius 3 is 2.55 bits per heavy atom. The lowest BCUT2D eigenvalue weighted by Gasteiger charge is -2.25. The van der Waals surface area contributed by atoms with Crippen molar-refractivity contribution >= 4 is 32.6 Å². The number of hydrogen-bond donors (Lipinski definition) is 1. The van der Waals surface area contributed by atoms with E-state index >= 15 is 0 Å². The van der Waals surface area contributed by atoms with Crippen molar-refractivity contribution < 1.29 is 35.6 Å². The van der Waals surface area contributed by atoms with Crippen LogP contribution in [0.25, 0.3) is 11.0 Å². The Balaban J connectivity index is 1.65. The summed E-state index contributed by atoms with van der Waals surface area (Å²) in [5.41, 5.74) is -1.08. The van der Waals surface area contributed by atoms with Crippen LogP contribution in [-0.4, -0.2) is 50.7 Å². The van der Waals surface area contributed by atoms with Crippen molar-refractivity contribution in [2.75, 3.05) is 31.0 Å². The molecule has 0 saturated carbocycles. The molecule has 1 amide bonds. The summed E-state index contributed by atoms with van der Waals surface area (Å²) in [5, 5.41) is 3.95. The zero-order valence-corrected chi connectivity index (χ0v) is 16.7. The lowest BCUT2D eigenvalue weighted by atomic mass is 10.2. The minimum Gasteiger partial charge on any atom is -0.378 e. The van der Waals surface area contributed by atoms with E-state index in [4.69, 9.17) is 9.26 Å². The lowest BCUT2D eigenvalue weighted by Crippen LogP contribution is -2.40. The molecule has 1 saturated heterocycles. The third-order valence-electron chi connectivity index (χ3n) is 4.69. The number of amides is 1. The normalized spacial score (nSPS) is 15.3. The summed E-state index contributed by atoms with van der Waals surface area (Å²) in [6.07, 6.45) is -4.61. The number of anilines is 1. The van der Waals surface area contributed by atoms with Gasteiger partial charge in [-0.05, 0) is 36.4 Å². The predicted molar refractivity (Wildman–Crippen MR) is 103 cm³/mol. The van der Waals surface area contributed by atoms with Gasteiger partial charge in [-0.15, -0.1) is 0 Å². The molecule has 12 heteroatoms. The fraction of sp³-hybridized carbons (Fsp3) is 0.263. The first-order chi connectivity index (χ1) is 14.6. The van der Waals surface area contributed by atoms with Crippen molar-refractivity contribution in [3.8, 4) is 0 Å². The van der Waals surface area contributed by atoms with Crippen molar-refractivity contribution in [1.82, 2.24) is 10.1 Å². The van der Waals surface area contributed by atoms with Gasteiger partial charge < -0.3 is 14.2 Å². The van der Waals surface area contributed by atoms with Crippen LogP contribution in [0.2, 0.25) is 0 Å². The summed E-state index contributed by atoms with van der Waals surface area (Å²) in [7, 11) is -4.24. The highest BCUT2D eigenvalue weighted by atomic mass is 32.2. The van der Waals surface area contributed by atoms with Gasteiger partial charge in [0.25, 0.3) is 15.9 Å². The number of carbonyl (C=O) groups excluding carboxylic acids is 1. The second-order valence-corrected chi connectivity index (χ2v) is 8.46. The van der Waals surface area contributed by atoms with E-state index in [0.717, 1.165) is 12.1 Å². The molecule has 4 rings (SSSR count). The molecule has 2 aromatic carbocycles. The number of hydrogen-bond acceptors (Lipinski definition) is 6. The van der Waals surface area contributed by atoms with Gasteiger partial charge in [0.05, 0.1) is 29.1 Å². The van der Waals surface area contributed by atoms with Crippen LogP contribution in [0.15, 0.2) is 51.9 Å². The lowest BCUT2D eigenvalue weighted by molar-refractivity contribution is -0.137. The average Bonchev–Trinajstić information content (AvgIpc) is 3.16. The van der Waals surface area contributed by atoms with Gasteiger partial charge in [0.2, 0.25) is 0 Å². The molecule has 0 aliphatic carbocycles. The Morgan fingerprint density at radius 1 is 1.10 bits per heavy atom. The Hall–Kier alpha value is -3.12. The standard InChI is InChI=1S/C19H16F3N3O5S/c20-19(21,22)12-2-1-3-13(10-12)24-31(27,28)14-4-5-16-15(11-14)17(23-30-16)18(26)25-6-8-29-9-7-25/h1-5,10-11,24H,6-9H2. The van der Waals surface area contributed by atoms with Gasteiger partial charge in [-0.3, -0.25) is 9.52 Å². The Kier molecular flexibility index (Phi) is 5.35. The van der Waals surface area contributed by atoms with E-state index in [2.05, 4.69) is 9.88 Å². The number of ether oxygens (including phenoxy) is 1. The second-order valence-electron chi connectivity index (χ2n) is 6.78. The van der Waals surface area contributed by atoms with Crippen LogP contribution >= 0.6 is 0 Å². The number of morpholine rings is 1. The van der Waals surface area contributed by atoms with Gasteiger partial charge in [0, 0.05) is 18.8 Å². The van der Waals surface area contributed by atoms with Crippen LogP contribution in [0.4, 0.5) is 18.9 Å². The molecule has 31 heavy (non-hydrogen) atoms. The summed E-state index contributed by atoms with van der Waals surface area (Å²) < 4.78 is 76.7. The summed E-state index contributed by atoms with van der Waals surface area (Å²) in [6.45, 7) is 1.48. The van der Waals surface area contributed by atoms with E-state index in [1.165, 1.54) is 29.2 Å². The third kappa shape index (κ3) is 4.35. The fourth-order valence-corrected chi connectivity index (χ4v) is 4.20. The molecule has 3 aromatic rings. The molecule has 164 valence electrons. The number of benzene rings is 2. The topological polar surface area (TPSA) is 102 Å². The monoisotopic (exact) mass is 455 g/mol. The summed E-state index contributed by atoms with van der Waals surface area (Å²) in [6, 6.07) is 7.59. The van der Waals surface area contributed by atoms with Crippen LogP contribution in [0.1, 0.15) is 16.1 Å². The molecule has 1 aliphatic heterocycles. The highest BCUT2D eigenvalue weighted by Crippen LogP contribution is 2.31. The molecule has 0 atom stereocenters. The van der Waals surface area contributed by atoms with Gasteiger partial charge in [-0.1, -0.05) is 11.2 Å². The predicted octanol–water partition coefficient (Wildman–Crippen LogP) is 3.12. The first-order valence-electron chi connectivity index (χ1n) is 9.12. The molecule has 1 N–H and O–H groups in total. The number of sulfonamides is 1. The molecule has 1 aliphatic rings. The Bertz CT molecular complexity index is 1230. The largest absolute Gasteiger partial charge is 0.416 e. The first-order valence-corrected chi connectivity index (χ1v) is 10.6. The molecule has 0 unspecified atom stereocenters. The van der Waals surface area contributed by atoms with E-state index in [1.807, 2.05) is 0 Å². The van der Waals surface area contributed by atoms with E-state index < -0.39 is 27.7 Å². The number of carbonyl (C=O) groups is 1. The summed E-state index contributed by atoms with van der Waals surface area (Å²) in [4.78, 5) is 14.0. The zero-order chi connectivity index (χ0) is 22.2. The number of alkyl halides is 3. The van der Waals surface area contributed by atoms with Crippen molar-refractivity contribution in [2.45, 2.75) is 11.1 Å². The van der Waals surface area contributed by atoms with Crippen LogP contribution in [0, 0.1) is 0 Å². The van der Waals surface area contributed by atoms with Gasteiger partial charge in [-0.2, -0.15) is 13.2 Å². The Morgan fingerprint density at radius 2 is 1.84 bits per heavy atom. The fourth-order valence-electron chi connectivity index (χ4n) is 3.13. The average molecular weight is 455 g/mol. The van der Waals surface area contributed by atoms with Crippen LogP contribution in [-0.2, 0) is 20.9 Å².